The summed E-state index contributed by atoms with van der Waals surface area (Å²) in [6, 6.07) is 9.32. The van der Waals surface area contributed by atoms with Gasteiger partial charge in [-0.05, 0) is 30.6 Å². The molecule has 20 heavy (non-hydrogen) atoms. The second-order valence-electron chi connectivity index (χ2n) is 7.05. The molecule has 0 aliphatic rings. The lowest BCUT2D eigenvalue weighted by atomic mass is 9.83. The van der Waals surface area contributed by atoms with Crippen LogP contribution in [0.5, 0.6) is 0 Å². The molecule has 0 aromatic heterocycles. The van der Waals surface area contributed by atoms with Crippen molar-refractivity contribution in [1.82, 2.24) is 0 Å². The van der Waals surface area contributed by atoms with Crippen molar-refractivity contribution in [3.05, 3.63) is 35.9 Å². The van der Waals surface area contributed by atoms with Crippen LogP contribution in [0.2, 0.25) is 18.1 Å². The predicted molar refractivity (Wildman–Crippen MR) is 84.6 cm³/mol. The number of benzene rings is 1. The van der Waals surface area contributed by atoms with Gasteiger partial charge in [0, 0.05) is 0 Å². The average molecular weight is 294 g/mol. The van der Waals surface area contributed by atoms with Crippen LogP contribution in [0.15, 0.2) is 30.3 Å². The normalized spacial score (nSPS) is 15.7. The second kappa shape index (κ2) is 5.70. The van der Waals surface area contributed by atoms with Gasteiger partial charge in [-0.3, -0.25) is 4.79 Å². The van der Waals surface area contributed by atoms with Crippen molar-refractivity contribution in [3.63, 3.8) is 0 Å². The third kappa shape index (κ3) is 3.49. The molecular formula is C16H26O3Si. The van der Waals surface area contributed by atoms with Gasteiger partial charge in [0.05, 0.1) is 6.61 Å². The first-order chi connectivity index (χ1) is 9.01. The summed E-state index contributed by atoms with van der Waals surface area (Å²) in [5.74, 6) is -0.845. The fraction of sp³-hybridized carbons (Fsp3) is 0.562. The molecule has 1 atom stereocenters. The van der Waals surface area contributed by atoms with E-state index in [0.29, 0.717) is 0 Å². The molecule has 112 valence electrons. The summed E-state index contributed by atoms with van der Waals surface area (Å²) in [4.78, 5) is 11.7. The second-order valence-corrected chi connectivity index (χ2v) is 11.9. The monoisotopic (exact) mass is 294 g/mol. The molecule has 0 saturated carbocycles. The minimum Gasteiger partial charge on any atom is -0.481 e. The summed E-state index contributed by atoms with van der Waals surface area (Å²) in [5.41, 5.74) is -0.220. The van der Waals surface area contributed by atoms with Crippen LogP contribution in [0.1, 0.15) is 33.3 Å². The van der Waals surface area contributed by atoms with Crippen molar-refractivity contribution in [2.45, 2.75) is 51.2 Å². The lowest BCUT2D eigenvalue weighted by Crippen LogP contribution is -2.47. The van der Waals surface area contributed by atoms with E-state index in [2.05, 4.69) is 33.9 Å². The van der Waals surface area contributed by atoms with Crippen molar-refractivity contribution in [2.75, 3.05) is 6.61 Å². The first kappa shape index (κ1) is 16.9. The van der Waals surface area contributed by atoms with Crippen molar-refractivity contribution in [1.29, 1.82) is 0 Å². The van der Waals surface area contributed by atoms with Crippen LogP contribution >= 0.6 is 0 Å². The fourth-order valence-corrected chi connectivity index (χ4v) is 2.70. The van der Waals surface area contributed by atoms with E-state index in [1.165, 1.54) is 0 Å². The highest BCUT2D eigenvalue weighted by molar-refractivity contribution is 6.74. The molecule has 0 bridgehead atoms. The van der Waals surface area contributed by atoms with E-state index in [0.717, 1.165) is 5.56 Å². The molecule has 0 radical (unpaired) electrons. The van der Waals surface area contributed by atoms with E-state index in [1.807, 2.05) is 30.3 Å². The largest absolute Gasteiger partial charge is 0.481 e. The zero-order valence-electron chi connectivity index (χ0n) is 13.4. The summed E-state index contributed by atoms with van der Waals surface area (Å²) >= 11 is 0. The SMILES string of the molecule is CC(C)(C)[Si](C)(C)OC[C@@](C)(C(=O)O)c1ccccc1. The number of aliphatic carboxylic acids is 1. The number of hydrogen-bond donors (Lipinski definition) is 1. The van der Waals surface area contributed by atoms with E-state index in [4.69, 9.17) is 4.43 Å². The molecule has 1 rings (SSSR count). The van der Waals surface area contributed by atoms with E-state index in [1.54, 1.807) is 6.92 Å². The summed E-state index contributed by atoms with van der Waals surface area (Å²) in [7, 11) is -1.96. The third-order valence-corrected chi connectivity index (χ3v) is 8.89. The maximum atomic E-state index is 11.7. The Bertz CT molecular complexity index is 462. The Morgan fingerprint density at radius 1 is 1.15 bits per heavy atom. The quantitative estimate of drug-likeness (QED) is 0.833. The summed E-state index contributed by atoms with van der Waals surface area (Å²) in [5, 5.41) is 9.69. The molecule has 0 saturated heterocycles. The highest BCUT2D eigenvalue weighted by Gasteiger charge is 2.42. The van der Waals surface area contributed by atoms with Crippen molar-refractivity contribution < 1.29 is 14.3 Å². The lowest BCUT2D eigenvalue weighted by Gasteiger charge is -2.39. The smallest absolute Gasteiger partial charge is 0.316 e. The van der Waals surface area contributed by atoms with Crippen LogP contribution in [0.3, 0.4) is 0 Å². The highest BCUT2D eigenvalue weighted by atomic mass is 28.4. The summed E-state index contributed by atoms with van der Waals surface area (Å²) in [6.07, 6.45) is 0. The van der Waals surface area contributed by atoms with Crippen LogP contribution in [0, 0.1) is 0 Å². The molecule has 0 heterocycles. The minimum absolute atomic E-state index is 0.0725. The van der Waals surface area contributed by atoms with Crippen LogP contribution in [0.25, 0.3) is 0 Å². The Balaban J connectivity index is 2.99. The first-order valence-corrected chi connectivity index (χ1v) is 9.84. The van der Waals surface area contributed by atoms with Gasteiger partial charge in [-0.2, -0.15) is 0 Å². The zero-order valence-corrected chi connectivity index (χ0v) is 14.4. The zero-order chi connectivity index (χ0) is 15.6. The molecule has 4 heteroatoms. The molecule has 0 unspecified atom stereocenters. The topological polar surface area (TPSA) is 46.5 Å². The van der Waals surface area contributed by atoms with Gasteiger partial charge in [0.1, 0.15) is 5.41 Å². The van der Waals surface area contributed by atoms with E-state index >= 15 is 0 Å². The van der Waals surface area contributed by atoms with Gasteiger partial charge in [-0.25, -0.2) is 0 Å². The van der Waals surface area contributed by atoms with Crippen molar-refractivity contribution in [3.8, 4) is 0 Å². The number of carbonyl (C=O) groups is 1. The molecule has 1 N–H and O–H groups in total. The van der Waals surface area contributed by atoms with Crippen LogP contribution < -0.4 is 0 Å². The Hall–Kier alpha value is -1.13. The Morgan fingerprint density at radius 2 is 1.65 bits per heavy atom. The number of hydrogen-bond acceptors (Lipinski definition) is 2. The molecule has 0 fully saturated rings. The number of rotatable bonds is 5. The first-order valence-electron chi connectivity index (χ1n) is 6.93. The lowest BCUT2D eigenvalue weighted by molar-refractivity contribution is -0.144. The van der Waals surface area contributed by atoms with Gasteiger partial charge in [0.25, 0.3) is 0 Å². The van der Waals surface area contributed by atoms with Crippen molar-refractivity contribution in [2.24, 2.45) is 0 Å². The summed E-state index contributed by atoms with van der Waals surface area (Å²) in [6.45, 7) is 12.7. The van der Waals surface area contributed by atoms with Gasteiger partial charge >= 0.3 is 5.97 Å². The van der Waals surface area contributed by atoms with Crippen LogP contribution in [-0.4, -0.2) is 26.0 Å². The van der Waals surface area contributed by atoms with Crippen molar-refractivity contribution >= 4 is 14.3 Å². The molecule has 3 nitrogen and oxygen atoms in total. The molecule has 1 aromatic carbocycles. The standard InChI is InChI=1S/C16H26O3Si/c1-15(2,3)20(5,6)19-12-16(4,14(17)18)13-10-8-7-9-11-13/h7-11H,12H2,1-6H3,(H,17,18)/t16-/m1/s1. The Morgan fingerprint density at radius 3 is 2.05 bits per heavy atom. The van der Waals surface area contributed by atoms with Crippen LogP contribution in [-0.2, 0) is 14.6 Å². The maximum absolute atomic E-state index is 11.7. The van der Waals surface area contributed by atoms with E-state index in [-0.39, 0.29) is 11.6 Å². The Labute approximate surface area is 123 Å². The minimum atomic E-state index is -1.96. The Kier molecular flexibility index (Phi) is 4.82. The molecular weight excluding hydrogens is 268 g/mol. The molecule has 0 aliphatic heterocycles. The van der Waals surface area contributed by atoms with Gasteiger partial charge in [0.15, 0.2) is 8.32 Å². The van der Waals surface area contributed by atoms with E-state index in [9.17, 15) is 9.90 Å². The molecule has 0 spiro atoms. The van der Waals surface area contributed by atoms with Gasteiger partial charge in [-0.1, -0.05) is 51.1 Å². The van der Waals surface area contributed by atoms with Gasteiger partial charge in [0.2, 0.25) is 0 Å². The maximum Gasteiger partial charge on any atom is 0.316 e. The highest BCUT2D eigenvalue weighted by Crippen LogP contribution is 2.38. The van der Waals surface area contributed by atoms with Gasteiger partial charge in [-0.15, -0.1) is 0 Å². The third-order valence-electron chi connectivity index (χ3n) is 4.41. The average Bonchev–Trinajstić information content (AvgIpc) is 2.35. The fourth-order valence-electron chi connectivity index (χ4n) is 1.62. The van der Waals surface area contributed by atoms with E-state index < -0.39 is 19.7 Å². The predicted octanol–water partition coefficient (Wildman–Crippen LogP) is 4.05. The summed E-state index contributed by atoms with van der Waals surface area (Å²) < 4.78 is 6.13. The molecule has 0 amide bonds. The van der Waals surface area contributed by atoms with Gasteiger partial charge < -0.3 is 9.53 Å². The molecule has 0 aliphatic carbocycles. The number of carboxylic acid groups (broad SMARTS) is 1. The number of carboxylic acids is 1. The molecule has 1 aromatic rings. The van der Waals surface area contributed by atoms with Crippen LogP contribution in [0.4, 0.5) is 0 Å².